The second-order valence-corrected chi connectivity index (χ2v) is 12.3. The highest BCUT2D eigenvalue weighted by molar-refractivity contribution is 6.01. The topological polar surface area (TPSA) is 99.1 Å². The average Bonchev–Trinajstić information content (AvgIpc) is 3.51. The molecule has 0 aromatic heterocycles. The van der Waals surface area contributed by atoms with Crippen molar-refractivity contribution in [3.63, 3.8) is 0 Å². The van der Waals surface area contributed by atoms with Gasteiger partial charge in [-0.2, -0.15) is 0 Å². The lowest BCUT2D eigenvalue weighted by Crippen LogP contribution is -2.63. The Morgan fingerprint density at radius 3 is 2.87 bits per heavy atom. The van der Waals surface area contributed by atoms with E-state index < -0.39 is 127 Å². The van der Waals surface area contributed by atoms with Crippen molar-refractivity contribution in [2.45, 2.75) is 109 Å². The molecule has 1 heterocycles. The zero-order valence-electron chi connectivity index (χ0n) is 35.6. The minimum Gasteiger partial charge on any atom is -0.457 e. The predicted octanol–water partition coefficient (Wildman–Crippen LogP) is 4.70. The molecule has 0 aromatic carbocycles. The monoisotopic (exact) mass is 553 g/mol. The van der Waals surface area contributed by atoms with Crippen molar-refractivity contribution in [1.82, 2.24) is 0 Å². The Bertz CT molecular complexity index is 1680. The SMILES string of the molecule is [2H]C1=C[C@@]2(C)C(=C([2H])C1=O)CC[C@@H]1[C@@H]2[C@@H](O)C[C@@]2(C)[C@H]1C[C@H]1O[C@@H](C3([2H])CC([2H])([2H])C([2H])([2H])C([2H])([2H])C3([2H])[2H])O[C@]12C(=O)C([2H])([2H])OC(=O)C(C)C. The molecule has 7 nitrogen and oxygen atoms in total. The maximum Gasteiger partial charge on any atom is 0.308 e. The van der Waals surface area contributed by atoms with Gasteiger partial charge in [-0.15, -0.1) is 0 Å². The summed E-state index contributed by atoms with van der Waals surface area (Å²) in [6.45, 7) is 2.71. The van der Waals surface area contributed by atoms with E-state index in [1.165, 1.54) is 19.9 Å². The molecule has 0 spiro atoms. The number of hydrogen-bond acceptors (Lipinski definition) is 7. The molecule has 5 aliphatic carbocycles. The number of esters is 1. The Hall–Kier alpha value is -1.83. The molecular formula is C32H44O7. The number of aliphatic hydroxyl groups is 1. The van der Waals surface area contributed by atoms with Gasteiger partial charge in [0.05, 0.1) is 23.6 Å². The number of carbonyl (C=O) groups excluding carboxylic acids is 3. The van der Waals surface area contributed by atoms with Crippen LogP contribution in [0.15, 0.2) is 23.8 Å². The van der Waals surface area contributed by atoms with Crippen LogP contribution >= 0.6 is 0 Å². The summed E-state index contributed by atoms with van der Waals surface area (Å²) in [7, 11) is 0. The molecule has 1 N–H and O–H groups in total. The maximum absolute atomic E-state index is 14.8. The highest BCUT2D eigenvalue weighted by atomic mass is 16.7. The first-order chi connectivity index (χ1) is 23.4. The van der Waals surface area contributed by atoms with Crippen LogP contribution in [0, 0.1) is 40.4 Å². The van der Waals surface area contributed by atoms with E-state index in [1.807, 2.05) is 0 Å². The Kier molecular flexibility index (Phi) is 3.94. The van der Waals surface area contributed by atoms with Crippen LogP contribution in [0.1, 0.15) is 103 Å². The molecular weight excluding hydrogens is 496 g/mol. The van der Waals surface area contributed by atoms with Crippen molar-refractivity contribution in [3.05, 3.63) is 23.8 Å². The minimum absolute atomic E-state index is 0.111. The van der Waals surface area contributed by atoms with Gasteiger partial charge in [0, 0.05) is 35.0 Å². The summed E-state index contributed by atoms with van der Waals surface area (Å²) in [5, 5.41) is 12.1. The molecule has 0 aromatic rings. The summed E-state index contributed by atoms with van der Waals surface area (Å²) < 4.78 is 129. The summed E-state index contributed by atoms with van der Waals surface area (Å²) in [5.74, 6) is -9.03. The first-order valence-electron chi connectivity index (χ1n) is 20.2. The van der Waals surface area contributed by atoms with Crippen LogP contribution in [0.4, 0.5) is 0 Å². The Balaban J connectivity index is 1.49. The zero-order valence-corrected chi connectivity index (χ0v) is 22.6. The molecule has 39 heavy (non-hydrogen) atoms. The first-order valence-corrected chi connectivity index (χ1v) is 13.7. The maximum atomic E-state index is 14.8. The van der Waals surface area contributed by atoms with Crippen LogP contribution in [-0.4, -0.2) is 53.3 Å². The third kappa shape index (κ3) is 3.97. The number of carbonyl (C=O) groups is 3. The number of ketones is 2. The van der Waals surface area contributed by atoms with Crippen molar-refractivity contribution in [2.24, 2.45) is 40.4 Å². The normalized spacial score (nSPS) is 59.5. The lowest BCUT2D eigenvalue weighted by Gasteiger charge is -2.59. The zero-order chi connectivity index (χ0) is 39.4. The molecule has 1 aliphatic heterocycles. The van der Waals surface area contributed by atoms with Gasteiger partial charge in [0.15, 0.2) is 24.2 Å². The Morgan fingerprint density at radius 1 is 1.31 bits per heavy atom. The Labute approximate surface area is 250 Å². The van der Waals surface area contributed by atoms with Crippen molar-refractivity contribution in [2.75, 3.05) is 6.56 Å². The van der Waals surface area contributed by atoms with Gasteiger partial charge in [-0.25, -0.2) is 0 Å². The van der Waals surface area contributed by atoms with E-state index in [1.54, 1.807) is 13.8 Å². The van der Waals surface area contributed by atoms with Crippen LogP contribution < -0.4 is 0 Å². The van der Waals surface area contributed by atoms with Gasteiger partial charge in [-0.05, 0) is 62.4 Å². The van der Waals surface area contributed by atoms with E-state index in [2.05, 4.69) is 0 Å². The number of allylic oxidation sites excluding steroid dienone is 4. The lowest BCUT2D eigenvalue weighted by molar-refractivity contribution is -0.210. The van der Waals surface area contributed by atoms with Gasteiger partial charge in [-0.1, -0.05) is 58.5 Å². The fourth-order valence-electron chi connectivity index (χ4n) is 8.21. The van der Waals surface area contributed by atoms with Crippen molar-refractivity contribution < 1.29 is 51.5 Å². The summed E-state index contributed by atoms with van der Waals surface area (Å²) in [6, 6.07) is -0.709. The molecule has 7 heteroatoms. The van der Waals surface area contributed by atoms with Crippen molar-refractivity contribution in [1.29, 1.82) is 0 Å². The van der Waals surface area contributed by atoms with Crippen molar-refractivity contribution >= 4 is 17.5 Å². The predicted molar refractivity (Wildman–Crippen MR) is 143 cm³/mol. The molecule has 1 saturated heterocycles. The number of aliphatic hydroxyl groups excluding tert-OH is 1. The third-order valence-corrected chi connectivity index (χ3v) is 10.0. The Morgan fingerprint density at radius 2 is 2.10 bits per heavy atom. The second-order valence-electron chi connectivity index (χ2n) is 12.3. The van der Waals surface area contributed by atoms with Gasteiger partial charge < -0.3 is 19.3 Å². The van der Waals surface area contributed by atoms with Crippen molar-refractivity contribution in [3.8, 4) is 0 Å². The van der Waals surface area contributed by atoms with Gasteiger partial charge in [-0.3, -0.25) is 14.4 Å². The minimum atomic E-state index is -3.64. The highest BCUT2D eigenvalue weighted by Gasteiger charge is 2.76. The van der Waals surface area contributed by atoms with Gasteiger partial charge in [0.2, 0.25) is 5.78 Å². The molecule has 1 unspecified atom stereocenters. The summed E-state index contributed by atoms with van der Waals surface area (Å²) in [5.41, 5.74) is -4.77. The molecule has 0 radical (unpaired) electrons. The number of rotatable bonds is 5. The summed E-state index contributed by atoms with van der Waals surface area (Å²) in [4.78, 5) is 40.1. The average molecular weight is 554 g/mol. The number of hydrogen-bond donors (Lipinski definition) is 1. The highest BCUT2D eigenvalue weighted by Crippen LogP contribution is 2.70. The first kappa shape index (κ1) is 16.0. The largest absolute Gasteiger partial charge is 0.457 e. The molecule has 4 saturated carbocycles. The fourth-order valence-corrected chi connectivity index (χ4v) is 8.21. The quantitative estimate of drug-likeness (QED) is 0.493. The third-order valence-electron chi connectivity index (χ3n) is 10.0. The molecule has 10 atom stereocenters. The fraction of sp³-hybridized carbons (Fsp3) is 0.781. The molecule has 5 fully saturated rings. The molecule has 0 bridgehead atoms. The van der Waals surface area contributed by atoms with Crippen LogP contribution in [0.5, 0.6) is 0 Å². The van der Waals surface area contributed by atoms with E-state index in [9.17, 15) is 20.9 Å². The van der Waals surface area contributed by atoms with Gasteiger partial charge >= 0.3 is 5.97 Å². The van der Waals surface area contributed by atoms with Crippen LogP contribution in [0.25, 0.3) is 0 Å². The van der Waals surface area contributed by atoms with E-state index in [-0.39, 0.29) is 25.3 Å². The summed E-state index contributed by atoms with van der Waals surface area (Å²) in [6.07, 6.45) is -18.6. The lowest BCUT2D eigenvalue weighted by atomic mass is 9.46. The smallest absolute Gasteiger partial charge is 0.308 e. The number of Topliss-reactive ketones (excluding diaryl/α,β-unsaturated/α-hetero) is 1. The molecule has 6 aliphatic rings. The second kappa shape index (κ2) is 9.63. The van der Waals surface area contributed by atoms with E-state index in [4.69, 9.17) is 30.7 Å². The van der Waals surface area contributed by atoms with Crippen LogP contribution in [0.3, 0.4) is 0 Å². The summed E-state index contributed by atoms with van der Waals surface area (Å²) >= 11 is 0. The van der Waals surface area contributed by atoms with Crippen LogP contribution in [-0.2, 0) is 28.6 Å². The van der Waals surface area contributed by atoms with E-state index in [0.29, 0.717) is 12.0 Å². The van der Waals surface area contributed by atoms with E-state index in [0.717, 1.165) is 0 Å². The standard InChI is InChI=1S/C32H44O7/c1-18(2)28(36)37-17-25(35)32-26(38-29(39-32)19-8-6-5-7-9-19)15-23-22-11-10-20-14-21(33)12-13-30(20,3)27(22)24(34)16-31(23,32)4/h12-14,18-19,22-24,26-27,29,34H,5-11,15-17H2,1-4H3/t22-,23-,24-,26+,27+,29+,30-,31-,32+/m0/s1/i5D2,6D2,7D2,8D2,12D,14D,17D2,19D/t19?,22-,23-,24-,26+,27+,29+,30-,31-,32+. The van der Waals surface area contributed by atoms with Gasteiger partial charge in [0.25, 0.3) is 0 Å². The molecule has 0 amide bonds. The van der Waals surface area contributed by atoms with Crippen LogP contribution in [0.2, 0.25) is 0 Å². The molecule has 6 rings (SSSR count). The van der Waals surface area contributed by atoms with E-state index >= 15 is 0 Å². The number of ether oxygens (including phenoxy) is 3. The molecule has 214 valence electrons. The van der Waals surface area contributed by atoms with Gasteiger partial charge in [0.1, 0.15) is 0 Å². The number of fused-ring (bicyclic) bond motifs is 7.